The molecule has 54 heavy (non-hydrogen) atoms. The Morgan fingerprint density at radius 3 is 1.13 bits per heavy atom. The molecule has 2 atom stereocenters. The zero-order valence-corrected chi connectivity index (χ0v) is 36.3. The van der Waals surface area contributed by atoms with E-state index in [0.29, 0.717) is 19.6 Å². The van der Waals surface area contributed by atoms with E-state index in [-0.39, 0.29) is 57.3 Å². The van der Waals surface area contributed by atoms with Crippen molar-refractivity contribution in [2.24, 2.45) is 0 Å². The number of rotatable bonds is 18. The first-order valence-electron chi connectivity index (χ1n) is 19.4. The minimum absolute atomic E-state index is 0.0102. The molecule has 0 unspecified atom stereocenters. The fourth-order valence-corrected chi connectivity index (χ4v) is 6.02. The van der Waals surface area contributed by atoms with Crippen LogP contribution in [0.1, 0.15) is 130 Å². The summed E-state index contributed by atoms with van der Waals surface area (Å²) in [4.78, 5) is 70.2. The van der Waals surface area contributed by atoms with E-state index in [4.69, 9.17) is 23.7 Å². The molecule has 1 aliphatic carbocycles. The molecular weight excluding hydrogens is 696 g/mol. The largest absolute Gasteiger partial charge is 0.459 e. The van der Waals surface area contributed by atoms with Crippen LogP contribution in [0.4, 0.5) is 0 Å². The fourth-order valence-electron chi connectivity index (χ4n) is 6.02. The quantitative estimate of drug-likeness (QED) is 0.154. The van der Waals surface area contributed by atoms with Crippen LogP contribution in [0.15, 0.2) is 0 Å². The zero-order chi connectivity index (χ0) is 41.7. The van der Waals surface area contributed by atoms with Gasteiger partial charge in [0, 0.05) is 38.3 Å². The van der Waals surface area contributed by atoms with Gasteiger partial charge in [0.1, 0.15) is 28.0 Å². The molecule has 0 aromatic heterocycles. The first kappa shape index (κ1) is 49.2. The highest BCUT2D eigenvalue weighted by Crippen LogP contribution is 2.24. The van der Waals surface area contributed by atoms with Gasteiger partial charge in [-0.15, -0.1) is 0 Å². The molecule has 0 aromatic carbocycles. The molecule has 0 saturated heterocycles. The summed E-state index contributed by atoms with van der Waals surface area (Å²) in [6.07, 6.45) is 3.58. The van der Waals surface area contributed by atoms with Crippen molar-refractivity contribution in [2.75, 3.05) is 58.9 Å². The highest BCUT2D eigenvalue weighted by Gasteiger charge is 2.34. The third-order valence-corrected chi connectivity index (χ3v) is 7.58. The van der Waals surface area contributed by atoms with Gasteiger partial charge in [0.05, 0.1) is 32.7 Å². The molecule has 0 heterocycles. The van der Waals surface area contributed by atoms with E-state index < -0.39 is 51.9 Å². The van der Waals surface area contributed by atoms with Crippen LogP contribution >= 0.6 is 0 Å². The molecule has 0 aliphatic heterocycles. The molecule has 0 amide bonds. The number of hydrogen-bond acceptors (Lipinski definition) is 14. The van der Waals surface area contributed by atoms with Crippen LogP contribution < -0.4 is 5.32 Å². The van der Waals surface area contributed by atoms with Gasteiger partial charge in [0.25, 0.3) is 0 Å². The molecule has 14 nitrogen and oxygen atoms in total. The average molecular weight is 771 g/mol. The predicted octanol–water partition coefficient (Wildman–Crippen LogP) is 4.50. The molecule has 0 bridgehead atoms. The van der Waals surface area contributed by atoms with E-state index in [9.17, 15) is 24.0 Å². The zero-order valence-electron chi connectivity index (χ0n) is 36.3. The van der Waals surface area contributed by atoms with Crippen LogP contribution in [0.2, 0.25) is 0 Å². The number of esters is 5. The van der Waals surface area contributed by atoms with Gasteiger partial charge < -0.3 is 29.0 Å². The maximum absolute atomic E-state index is 13.3. The van der Waals surface area contributed by atoms with Crippen LogP contribution in [0.5, 0.6) is 0 Å². The summed E-state index contributed by atoms with van der Waals surface area (Å²) >= 11 is 0. The molecule has 314 valence electrons. The first-order valence-corrected chi connectivity index (χ1v) is 19.4. The fraction of sp³-hybridized carbons (Fsp3) is 0.875. The monoisotopic (exact) mass is 771 g/mol. The Labute approximate surface area is 325 Å². The minimum Gasteiger partial charge on any atom is -0.459 e. The highest BCUT2D eigenvalue weighted by molar-refractivity contribution is 5.76. The summed E-state index contributed by atoms with van der Waals surface area (Å²) in [6, 6.07) is -0.113. The Morgan fingerprint density at radius 2 is 0.778 bits per heavy atom. The number of carbonyl (C=O) groups is 5. The number of nitrogens with zero attached hydrogens (tertiary/aromatic N) is 3. The molecule has 1 fully saturated rings. The summed E-state index contributed by atoms with van der Waals surface area (Å²) < 4.78 is 28.0. The molecule has 0 aromatic rings. The Morgan fingerprint density at radius 1 is 0.463 bits per heavy atom. The normalized spacial score (nSPS) is 17.4. The van der Waals surface area contributed by atoms with Crippen LogP contribution in [-0.4, -0.2) is 144 Å². The second-order valence-corrected chi connectivity index (χ2v) is 19.2. The van der Waals surface area contributed by atoms with Crippen LogP contribution in [0.25, 0.3) is 0 Å². The molecule has 14 heteroatoms. The maximum atomic E-state index is 13.3. The Kier molecular flexibility index (Phi) is 19.1. The summed E-state index contributed by atoms with van der Waals surface area (Å²) in [5, 5.41) is 3.65. The summed E-state index contributed by atoms with van der Waals surface area (Å²) in [5.41, 5.74) is -3.43. The minimum atomic E-state index is -0.701. The third kappa shape index (κ3) is 24.6. The second-order valence-electron chi connectivity index (χ2n) is 19.2. The first-order chi connectivity index (χ1) is 24.4. The van der Waals surface area contributed by atoms with Gasteiger partial charge in [0.15, 0.2) is 0 Å². The lowest BCUT2D eigenvalue weighted by Crippen LogP contribution is -2.56. The van der Waals surface area contributed by atoms with Crippen molar-refractivity contribution in [3.05, 3.63) is 0 Å². The lowest BCUT2D eigenvalue weighted by Gasteiger charge is -2.41. The van der Waals surface area contributed by atoms with Gasteiger partial charge in [-0.1, -0.05) is 12.8 Å². The van der Waals surface area contributed by atoms with Crippen LogP contribution in [-0.2, 0) is 47.7 Å². The molecule has 1 N–H and O–H groups in total. The summed E-state index contributed by atoms with van der Waals surface area (Å²) in [5.74, 6) is -2.19. The van der Waals surface area contributed by atoms with Gasteiger partial charge in [0.2, 0.25) is 0 Å². The molecule has 1 aliphatic rings. The van der Waals surface area contributed by atoms with E-state index in [1.54, 1.807) is 92.9 Å². The standard InChI is InChI=1S/C40H74N4O10/c1-36(2,3)50-31(45)24-42(25-32(46)51-37(4,5)6)21-20-41-29-18-16-17-19-30(29)44(28-35(49)54-40(13,14)15)23-22-43(26-33(47)52-38(7,8)9)27-34(48)53-39(10,11)12/h29-30,41H,16-28H2,1-15H3/t29-,30-/m0/s1. The van der Waals surface area contributed by atoms with E-state index >= 15 is 0 Å². The average Bonchev–Trinajstić information content (AvgIpc) is 2.90. The number of carbonyl (C=O) groups excluding carboxylic acids is 5. The van der Waals surface area contributed by atoms with E-state index in [1.165, 1.54) is 0 Å². The second kappa shape index (κ2) is 20.9. The lowest BCUT2D eigenvalue weighted by atomic mass is 9.89. The maximum Gasteiger partial charge on any atom is 0.320 e. The van der Waals surface area contributed by atoms with Gasteiger partial charge in [-0.25, -0.2) is 0 Å². The Balaban J connectivity index is 3.27. The molecule has 0 radical (unpaired) electrons. The number of hydrogen-bond donors (Lipinski definition) is 1. The highest BCUT2D eigenvalue weighted by atomic mass is 16.6. The molecule has 1 rings (SSSR count). The third-order valence-electron chi connectivity index (χ3n) is 7.58. The van der Waals surface area contributed by atoms with Crippen molar-refractivity contribution in [3.8, 4) is 0 Å². The van der Waals surface area contributed by atoms with E-state index in [1.807, 2.05) is 20.8 Å². The Bertz CT molecular complexity index is 1160. The van der Waals surface area contributed by atoms with Gasteiger partial charge in [-0.05, 0) is 117 Å². The van der Waals surface area contributed by atoms with Gasteiger partial charge in [-0.3, -0.25) is 38.7 Å². The van der Waals surface area contributed by atoms with Crippen molar-refractivity contribution in [1.29, 1.82) is 0 Å². The molecular formula is C40H74N4O10. The number of nitrogens with one attached hydrogen (secondary N) is 1. The molecule has 1 saturated carbocycles. The van der Waals surface area contributed by atoms with E-state index in [2.05, 4.69) is 10.2 Å². The smallest absolute Gasteiger partial charge is 0.320 e. The van der Waals surface area contributed by atoms with Crippen molar-refractivity contribution in [3.63, 3.8) is 0 Å². The van der Waals surface area contributed by atoms with Crippen LogP contribution in [0, 0.1) is 0 Å². The Hall–Kier alpha value is -2.81. The number of ether oxygens (including phenoxy) is 5. The lowest BCUT2D eigenvalue weighted by molar-refractivity contribution is -0.162. The SMILES string of the molecule is CC(C)(C)OC(=O)CN(CCN[C@H]1CCCC[C@@H]1N(CCN(CC(=O)OC(C)(C)C)CC(=O)OC(C)(C)C)CC(=O)OC(C)(C)C)CC(=O)OC(C)(C)C. The van der Waals surface area contributed by atoms with Crippen molar-refractivity contribution in [1.82, 2.24) is 20.0 Å². The van der Waals surface area contributed by atoms with Gasteiger partial charge >= 0.3 is 29.8 Å². The van der Waals surface area contributed by atoms with E-state index in [0.717, 1.165) is 25.7 Å². The van der Waals surface area contributed by atoms with Crippen molar-refractivity contribution >= 4 is 29.8 Å². The van der Waals surface area contributed by atoms with Crippen LogP contribution in [0.3, 0.4) is 0 Å². The predicted molar refractivity (Wildman–Crippen MR) is 208 cm³/mol. The molecule has 0 spiro atoms. The summed E-state index contributed by atoms with van der Waals surface area (Å²) in [6.45, 7) is 28.0. The van der Waals surface area contributed by atoms with Crippen molar-refractivity contribution < 1.29 is 47.7 Å². The van der Waals surface area contributed by atoms with Gasteiger partial charge in [-0.2, -0.15) is 0 Å². The summed E-state index contributed by atoms with van der Waals surface area (Å²) in [7, 11) is 0. The topological polar surface area (TPSA) is 153 Å². The van der Waals surface area contributed by atoms with Crippen molar-refractivity contribution in [2.45, 2.75) is 170 Å².